The maximum absolute atomic E-state index is 5.57. The molecule has 0 unspecified atom stereocenters. The second-order valence-electron chi connectivity index (χ2n) is 6.14. The van der Waals surface area contributed by atoms with Crippen LogP contribution >= 0.6 is 15.9 Å². The fraction of sp³-hybridized carbons (Fsp3) is 0.368. The summed E-state index contributed by atoms with van der Waals surface area (Å²) in [5.74, 6) is 3.13. The summed E-state index contributed by atoms with van der Waals surface area (Å²) < 4.78 is 22.9. The third-order valence-corrected chi connectivity index (χ3v) is 5.66. The summed E-state index contributed by atoms with van der Waals surface area (Å²) in [7, 11) is 3.34. The van der Waals surface area contributed by atoms with Crippen molar-refractivity contribution < 1.29 is 18.9 Å². The van der Waals surface area contributed by atoms with Crippen LogP contribution in [0.25, 0.3) is 0 Å². The summed E-state index contributed by atoms with van der Waals surface area (Å²) in [4.78, 5) is 0. The number of halogens is 1. The van der Waals surface area contributed by atoms with Crippen LogP contribution in [0.4, 0.5) is 0 Å². The van der Waals surface area contributed by atoms with Gasteiger partial charge in [0.1, 0.15) is 0 Å². The monoisotopic (exact) mass is 405 g/mol. The fourth-order valence-electron chi connectivity index (χ4n) is 3.51. The summed E-state index contributed by atoms with van der Waals surface area (Å²) in [6, 6.07) is 8.46. The Bertz CT molecular complexity index is 808. The minimum absolute atomic E-state index is 0.209. The molecular formula is C19H20BrNO4. The third kappa shape index (κ3) is 2.93. The summed E-state index contributed by atoms with van der Waals surface area (Å²) >= 11 is 3.67. The highest BCUT2D eigenvalue weighted by Gasteiger charge is 2.25. The zero-order valence-corrected chi connectivity index (χ0v) is 15.8. The molecule has 2 heterocycles. The lowest BCUT2D eigenvalue weighted by atomic mass is 9.89. The van der Waals surface area contributed by atoms with Crippen molar-refractivity contribution in [1.29, 1.82) is 0 Å². The molecule has 2 aromatic carbocycles. The highest BCUT2D eigenvalue weighted by Crippen LogP contribution is 2.43. The molecule has 25 heavy (non-hydrogen) atoms. The SMILES string of the molecule is COc1cc2c(cc1OC)[C@H](Cc1ccc3c(c1Br)OCO3)NCC2. The summed E-state index contributed by atoms with van der Waals surface area (Å²) in [5.41, 5.74) is 3.75. The number of methoxy groups -OCH3 is 2. The van der Waals surface area contributed by atoms with Crippen molar-refractivity contribution >= 4 is 15.9 Å². The summed E-state index contributed by atoms with van der Waals surface area (Å²) in [5, 5.41) is 3.62. The summed E-state index contributed by atoms with van der Waals surface area (Å²) in [6.07, 6.45) is 1.83. The minimum atomic E-state index is 0.209. The molecule has 0 saturated carbocycles. The topological polar surface area (TPSA) is 49.0 Å². The van der Waals surface area contributed by atoms with E-state index in [0.29, 0.717) is 0 Å². The van der Waals surface area contributed by atoms with Gasteiger partial charge in [0.15, 0.2) is 23.0 Å². The largest absolute Gasteiger partial charge is 0.493 e. The van der Waals surface area contributed by atoms with Gasteiger partial charge in [-0.05, 0) is 70.2 Å². The van der Waals surface area contributed by atoms with Crippen molar-refractivity contribution in [2.75, 3.05) is 27.6 Å². The van der Waals surface area contributed by atoms with Gasteiger partial charge < -0.3 is 24.3 Å². The van der Waals surface area contributed by atoms with Crippen LogP contribution in [-0.2, 0) is 12.8 Å². The number of nitrogens with one attached hydrogen (secondary N) is 1. The van der Waals surface area contributed by atoms with Crippen LogP contribution in [0.1, 0.15) is 22.7 Å². The molecule has 0 fully saturated rings. The summed E-state index contributed by atoms with van der Waals surface area (Å²) in [6.45, 7) is 1.22. The molecule has 2 aromatic rings. The van der Waals surface area contributed by atoms with Gasteiger partial charge in [-0.2, -0.15) is 0 Å². The number of hydrogen-bond donors (Lipinski definition) is 1. The fourth-order valence-corrected chi connectivity index (χ4v) is 4.11. The van der Waals surface area contributed by atoms with Crippen LogP contribution in [0.3, 0.4) is 0 Å². The lowest BCUT2D eigenvalue weighted by molar-refractivity contribution is 0.173. The number of benzene rings is 2. The number of rotatable bonds is 4. The molecule has 0 spiro atoms. The first-order chi connectivity index (χ1) is 12.2. The van der Waals surface area contributed by atoms with Gasteiger partial charge in [0.05, 0.1) is 18.7 Å². The Kier molecular flexibility index (Phi) is 4.48. The van der Waals surface area contributed by atoms with Crippen molar-refractivity contribution in [2.45, 2.75) is 18.9 Å². The Hall–Kier alpha value is -1.92. The lowest BCUT2D eigenvalue weighted by Crippen LogP contribution is -2.31. The van der Waals surface area contributed by atoms with Crippen molar-refractivity contribution in [1.82, 2.24) is 5.32 Å². The first-order valence-electron chi connectivity index (χ1n) is 8.26. The zero-order valence-electron chi connectivity index (χ0n) is 14.2. The number of ether oxygens (including phenoxy) is 4. The first kappa shape index (κ1) is 16.5. The van der Waals surface area contributed by atoms with Gasteiger partial charge in [-0.25, -0.2) is 0 Å². The molecule has 132 valence electrons. The van der Waals surface area contributed by atoms with Gasteiger partial charge in [0.25, 0.3) is 0 Å². The van der Waals surface area contributed by atoms with Crippen LogP contribution in [-0.4, -0.2) is 27.6 Å². The Morgan fingerprint density at radius 1 is 1.16 bits per heavy atom. The Morgan fingerprint density at radius 2 is 1.96 bits per heavy atom. The van der Waals surface area contributed by atoms with E-state index in [-0.39, 0.29) is 12.8 Å². The molecule has 1 N–H and O–H groups in total. The van der Waals surface area contributed by atoms with Gasteiger partial charge in [-0.3, -0.25) is 0 Å². The average Bonchev–Trinajstić information content (AvgIpc) is 3.12. The van der Waals surface area contributed by atoms with Crippen molar-refractivity contribution in [3.63, 3.8) is 0 Å². The number of fused-ring (bicyclic) bond motifs is 2. The quantitative estimate of drug-likeness (QED) is 0.841. The van der Waals surface area contributed by atoms with E-state index in [2.05, 4.69) is 39.4 Å². The number of hydrogen-bond acceptors (Lipinski definition) is 5. The third-order valence-electron chi connectivity index (χ3n) is 4.79. The predicted octanol–water partition coefficient (Wildman–Crippen LogP) is 3.62. The predicted molar refractivity (Wildman–Crippen MR) is 98.0 cm³/mol. The second-order valence-corrected chi connectivity index (χ2v) is 6.93. The highest BCUT2D eigenvalue weighted by atomic mass is 79.9. The molecule has 0 bridgehead atoms. The molecule has 0 saturated heterocycles. The van der Waals surface area contributed by atoms with Crippen LogP contribution in [0.5, 0.6) is 23.0 Å². The molecule has 2 aliphatic heterocycles. The van der Waals surface area contributed by atoms with E-state index in [1.54, 1.807) is 14.2 Å². The Balaban J connectivity index is 1.68. The van der Waals surface area contributed by atoms with Gasteiger partial charge >= 0.3 is 0 Å². The van der Waals surface area contributed by atoms with Crippen LogP contribution in [0, 0.1) is 0 Å². The molecule has 5 nitrogen and oxygen atoms in total. The minimum Gasteiger partial charge on any atom is -0.493 e. The smallest absolute Gasteiger partial charge is 0.231 e. The van der Waals surface area contributed by atoms with Crippen molar-refractivity contribution in [3.8, 4) is 23.0 Å². The molecule has 6 heteroatoms. The molecule has 0 aliphatic carbocycles. The van der Waals surface area contributed by atoms with Crippen molar-refractivity contribution in [2.24, 2.45) is 0 Å². The maximum Gasteiger partial charge on any atom is 0.231 e. The maximum atomic E-state index is 5.57. The molecule has 4 rings (SSSR count). The molecule has 1 atom stereocenters. The van der Waals surface area contributed by atoms with Gasteiger partial charge in [0.2, 0.25) is 6.79 Å². The molecule has 0 amide bonds. The van der Waals surface area contributed by atoms with E-state index in [9.17, 15) is 0 Å². The van der Waals surface area contributed by atoms with Crippen LogP contribution in [0.2, 0.25) is 0 Å². The van der Waals surface area contributed by atoms with Gasteiger partial charge in [0, 0.05) is 6.04 Å². The second kappa shape index (κ2) is 6.77. The average molecular weight is 406 g/mol. The molecule has 0 radical (unpaired) electrons. The van der Waals surface area contributed by atoms with Crippen LogP contribution < -0.4 is 24.3 Å². The molecule has 0 aromatic heterocycles. The van der Waals surface area contributed by atoms with E-state index >= 15 is 0 Å². The normalized spacial score (nSPS) is 18.0. The Morgan fingerprint density at radius 3 is 2.76 bits per heavy atom. The Labute approximate surface area is 155 Å². The van der Waals surface area contributed by atoms with Gasteiger partial charge in [-0.15, -0.1) is 0 Å². The standard InChI is InChI=1S/C19H20BrNO4/c1-22-16-8-11-5-6-21-14(13(11)9-17(16)23-2)7-12-3-4-15-19(18(12)20)25-10-24-15/h3-4,8-9,14,21H,5-7,10H2,1-2H3/t14-/m0/s1. The molecule has 2 aliphatic rings. The lowest BCUT2D eigenvalue weighted by Gasteiger charge is -2.28. The zero-order chi connectivity index (χ0) is 17.4. The first-order valence-corrected chi connectivity index (χ1v) is 9.05. The van der Waals surface area contributed by atoms with Gasteiger partial charge in [-0.1, -0.05) is 6.07 Å². The molecular weight excluding hydrogens is 386 g/mol. The van der Waals surface area contributed by atoms with E-state index < -0.39 is 0 Å². The van der Waals surface area contributed by atoms with Crippen LogP contribution in [0.15, 0.2) is 28.7 Å². The van der Waals surface area contributed by atoms with Crippen molar-refractivity contribution in [3.05, 3.63) is 45.4 Å². The van der Waals surface area contributed by atoms with E-state index in [0.717, 1.165) is 46.9 Å². The highest BCUT2D eigenvalue weighted by molar-refractivity contribution is 9.10. The van der Waals surface area contributed by atoms with E-state index in [1.165, 1.54) is 16.7 Å². The van der Waals surface area contributed by atoms with E-state index in [1.807, 2.05) is 6.07 Å². The van der Waals surface area contributed by atoms with E-state index in [4.69, 9.17) is 18.9 Å².